The summed E-state index contributed by atoms with van der Waals surface area (Å²) in [6.07, 6.45) is 5.32. The van der Waals surface area contributed by atoms with Crippen molar-refractivity contribution in [2.24, 2.45) is 0 Å². The smallest absolute Gasteiger partial charge is 0.328 e. The topological polar surface area (TPSA) is 87.7 Å². The minimum Gasteiger partial charge on any atom is -0.467 e. The molecule has 2 unspecified atom stereocenters. The van der Waals surface area contributed by atoms with Gasteiger partial charge in [-0.3, -0.25) is 9.59 Å². The SMILES string of the molecule is COC(=O)C1CCCCN1C(=O)c1cccc(NC(=O)C2CCCCN2)c1. The molecular weight excluding hydrogens is 346 g/mol. The normalized spacial score (nSPS) is 22.8. The lowest BCUT2D eigenvalue weighted by Gasteiger charge is -2.33. The van der Waals surface area contributed by atoms with Crippen molar-refractivity contribution in [2.45, 2.75) is 50.6 Å². The van der Waals surface area contributed by atoms with Crippen molar-refractivity contribution in [1.29, 1.82) is 0 Å². The Morgan fingerprint density at radius 2 is 1.96 bits per heavy atom. The molecule has 7 heteroatoms. The maximum atomic E-state index is 13.0. The molecule has 0 spiro atoms. The van der Waals surface area contributed by atoms with Crippen LogP contribution in [0.2, 0.25) is 0 Å². The summed E-state index contributed by atoms with van der Waals surface area (Å²) in [6, 6.07) is 6.16. The Balaban J connectivity index is 1.71. The third-order valence-corrected chi connectivity index (χ3v) is 5.24. The zero-order valence-corrected chi connectivity index (χ0v) is 15.7. The van der Waals surface area contributed by atoms with Gasteiger partial charge in [0.25, 0.3) is 5.91 Å². The van der Waals surface area contributed by atoms with Crippen LogP contribution in [0.5, 0.6) is 0 Å². The standard InChI is InChI=1S/C20H27N3O4/c1-27-20(26)17-10-3-5-12-23(17)19(25)14-7-6-8-15(13-14)22-18(24)16-9-2-4-11-21-16/h6-8,13,16-17,21H,2-5,9-12H2,1H3,(H,22,24). The number of esters is 1. The van der Waals surface area contributed by atoms with Gasteiger partial charge in [-0.05, 0) is 56.8 Å². The van der Waals surface area contributed by atoms with Gasteiger partial charge in [-0.15, -0.1) is 0 Å². The lowest BCUT2D eigenvalue weighted by molar-refractivity contribution is -0.147. The van der Waals surface area contributed by atoms with Gasteiger partial charge in [-0.1, -0.05) is 12.5 Å². The van der Waals surface area contributed by atoms with Gasteiger partial charge in [0.05, 0.1) is 13.2 Å². The number of carbonyl (C=O) groups is 3. The molecule has 7 nitrogen and oxygen atoms in total. The van der Waals surface area contributed by atoms with Gasteiger partial charge in [-0.25, -0.2) is 4.79 Å². The number of hydrogen-bond donors (Lipinski definition) is 2. The molecule has 2 saturated heterocycles. The van der Waals surface area contributed by atoms with Crippen LogP contribution in [-0.2, 0) is 14.3 Å². The summed E-state index contributed by atoms with van der Waals surface area (Å²) in [5.41, 5.74) is 1.05. The van der Waals surface area contributed by atoms with Crippen LogP contribution in [-0.4, -0.2) is 55.0 Å². The van der Waals surface area contributed by atoms with Gasteiger partial charge in [0.2, 0.25) is 5.91 Å². The van der Waals surface area contributed by atoms with Crippen molar-refractivity contribution < 1.29 is 19.1 Å². The zero-order valence-electron chi connectivity index (χ0n) is 15.7. The molecule has 2 aliphatic rings. The lowest BCUT2D eigenvalue weighted by Crippen LogP contribution is -2.48. The maximum Gasteiger partial charge on any atom is 0.328 e. The lowest BCUT2D eigenvalue weighted by atomic mass is 10.0. The van der Waals surface area contributed by atoms with E-state index in [1.807, 2.05) is 0 Å². The summed E-state index contributed by atoms with van der Waals surface area (Å²) < 4.78 is 4.85. The number of rotatable bonds is 4. The van der Waals surface area contributed by atoms with Crippen molar-refractivity contribution in [3.63, 3.8) is 0 Å². The summed E-state index contributed by atoms with van der Waals surface area (Å²) in [4.78, 5) is 39.0. The maximum absolute atomic E-state index is 13.0. The van der Waals surface area contributed by atoms with E-state index < -0.39 is 6.04 Å². The predicted molar refractivity (Wildman–Crippen MR) is 101 cm³/mol. The highest BCUT2D eigenvalue weighted by Crippen LogP contribution is 2.22. The van der Waals surface area contributed by atoms with Crippen LogP contribution in [0.3, 0.4) is 0 Å². The number of carbonyl (C=O) groups excluding carboxylic acids is 3. The van der Waals surface area contributed by atoms with E-state index in [9.17, 15) is 14.4 Å². The van der Waals surface area contributed by atoms with Gasteiger partial charge in [0, 0.05) is 17.8 Å². The number of piperidine rings is 2. The van der Waals surface area contributed by atoms with E-state index in [2.05, 4.69) is 10.6 Å². The fourth-order valence-electron chi connectivity index (χ4n) is 3.76. The Morgan fingerprint density at radius 1 is 1.15 bits per heavy atom. The molecule has 1 aromatic carbocycles. The molecule has 0 saturated carbocycles. The van der Waals surface area contributed by atoms with E-state index >= 15 is 0 Å². The minimum atomic E-state index is -0.541. The fourth-order valence-corrected chi connectivity index (χ4v) is 3.76. The second kappa shape index (κ2) is 8.99. The summed E-state index contributed by atoms with van der Waals surface area (Å²) >= 11 is 0. The van der Waals surface area contributed by atoms with E-state index in [1.54, 1.807) is 29.2 Å². The highest BCUT2D eigenvalue weighted by Gasteiger charge is 2.33. The number of hydrogen-bond acceptors (Lipinski definition) is 5. The van der Waals surface area contributed by atoms with Gasteiger partial charge in [0.15, 0.2) is 0 Å². The zero-order chi connectivity index (χ0) is 19.2. The summed E-state index contributed by atoms with van der Waals surface area (Å²) in [6.45, 7) is 1.38. The third-order valence-electron chi connectivity index (χ3n) is 5.24. The number of amides is 2. The van der Waals surface area contributed by atoms with Gasteiger partial charge < -0.3 is 20.3 Å². The summed E-state index contributed by atoms with van der Waals surface area (Å²) in [5, 5.41) is 6.11. The highest BCUT2D eigenvalue weighted by atomic mass is 16.5. The van der Waals surface area contributed by atoms with Gasteiger partial charge in [0.1, 0.15) is 6.04 Å². The Morgan fingerprint density at radius 3 is 2.70 bits per heavy atom. The minimum absolute atomic E-state index is 0.0790. The first-order valence-electron chi connectivity index (χ1n) is 9.63. The summed E-state index contributed by atoms with van der Waals surface area (Å²) in [7, 11) is 1.34. The molecule has 2 atom stereocenters. The Kier molecular flexibility index (Phi) is 6.45. The number of benzene rings is 1. The first kappa shape index (κ1) is 19.4. The number of nitrogens with zero attached hydrogens (tertiary/aromatic N) is 1. The average molecular weight is 373 g/mol. The van der Waals surface area contributed by atoms with E-state index in [0.717, 1.165) is 38.6 Å². The molecule has 2 heterocycles. The number of nitrogens with one attached hydrogen (secondary N) is 2. The van der Waals surface area contributed by atoms with E-state index in [-0.39, 0.29) is 23.8 Å². The van der Waals surface area contributed by atoms with E-state index in [4.69, 9.17) is 4.74 Å². The highest BCUT2D eigenvalue weighted by molar-refractivity contribution is 6.00. The molecule has 1 aromatic rings. The van der Waals surface area contributed by atoms with Crippen molar-refractivity contribution in [2.75, 3.05) is 25.5 Å². The van der Waals surface area contributed by atoms with Crippen molar-refractivity contribution in [3.05, 3.63) is 29.8 Å². The number of ether oxygens (including phenoxy) is 1. The van der Waals surface area contributed by atoms with Crippen molar-refractivity contribution in [3.8, 4) is 0 Å². The molecule has 27 heavy (non-hydrogen) atoms. The van der Waals surface area contributed by atoms with Crippen LogP contribution < -0.4 is 10.6 Å². The van der Waals surface area contributed by atoms with Crippen molar-refractivity contribution in [1.82, 2.24) is 10.2 Å². The largest absolute Gasteiger partial charge is 0.467 e. The van der Waals surface area contributed by atoms with Gasteiger partial charge in [-0.2, -0.15) is 0 Å². The Bertz CT molecular complexity index is 700. The first-order valence-corrected chi connectivity index (χ1v) is 9.63. The quantitative estimate of drug-likeness (QED) is 0.788. The van der Waals surface area contributed by atoms with Crippen LogP contribution in [0.15, 0.2) is 24.3 Å². The molecule has 2 fully saturated rings. The monoisotopic (exact) mass is 373 g/mol. The fraction of sp³-hybridized carbons (Fsp3) is 0.550. The Hall–Kier alpha value is -2.41. The van der Waals surface area contributed by atoms with Crippen LogP contribution in [0, 0.1) is 0 Å². The number of anilines is 1. The predicted octanol–water partition coefficient (Wildman–Crippen LogP) is 1.93. The van der Waals surface area contributed by atoms with Crippen LogP contribution in [0.4, 0.5) is 5.69 Å². The molecular formula is C20H27N3O4. The molecule has 3 rings (SSSR count). The second-order valence-electron chi connectivity index (χ2n) is 7.11. The van der Waals surface area contributed by atoms with E-state index in [1.165, 1.54) is 7.11 Å². The third kappa shape index (κ3) is 4.66. The van der Waals surface area contributed by atoms with E-state index in [0.29, 0.717) is 24.2 Å². The second-order valence-corrected chi connectivity index (χ2v) is 7.11. The summed E-state index contributed by atoms with van der Waals surface area (Å²) in [5.74, 6) is -0.669. The molecule has 2 aliphatic heterocycles. The number of methoxy groups -OCH3 is 1. The van der Waals surface area contributed by atoms with Crippen LogP contribution in [0.25, 0.3) is 0 Å². The molecule has 0 aliphatic carbocycles. The molecule has 146 valence electrons. The first-order chi connectivity index (χ1) is 13.1. The van der Waals surface area contributed by atoms with Crippen LogP contribution in [0.1, 0.15) is 48.9 Å². The molecule has 0 bridgehead atoms. The Labute approximate surface area is 159 Å². The van der Waals surface area contributed by atoms with Gasteiger partial charge >= 0.3 is 5.97 Å². The molecule has 0 radical (unpaired) electrons. The average Bonchev–Trinajstić information content (AvgIpc) is 2.73. The number of likely N-dealkylation sites (tertiary alicyclic amines) is 1. The van der Waals surface area contributed by atoms with Crippen molar-refractivity contribution >= 4 is 23.5 Å². The molecule has 2 amide bonds. The molecule has 2 N–H and O–H groups in total. The van der Waals surface area contributed by atoms with Crippen LogP contribution >= 0.6 is 0 Å². The molecule has 0 aromatic heterocycles.